The first-order valence-electron chi connectivity index (χ1n) is 6.69. The molecule has 0 unspecified atom stereocenters. The average Bonchev–Trinajstić information content (AvgIpc) is 2.53. The Morgan fingerprint density at radius 3 is 2.43 bits per heavy atom. The molecule has 7 heteroatoms. The standard InChI is InChI=1S/C16H19N3O4/c1-9(11-4-6-12(7-5-11)16(22)23-3)19-15(21)14(18)8-13(17)10(2)20/h4-9,18,20H,2,17H2,1,3H3,(H,19,21)/b13-8-,18-14?/t9-/m1/s1. The van der Waals surface area contributed by atoms with Crippen molar-refractivity contribution in [2.45, 2.75) is 13.0 Å². The van der Waals surface area contributed by atoms with E-state index in [-0.39, 0.29) is 11.7 Å². The zero-order chi connectivity index (χ0) is 17.6. The Bertz CT molecular complexity index is 662. The highest BCUT2D eigenvalue weighted by atomic mass is 16.5. The molecule has 1 amide bonds. The minimum absolute atomic E-state index is 0.153. The van der Waals surface area contributed by atoms with Crippen LogP contribution >= 0.6 is 0 Å². The van der Waals surface area contributed by atoms with Crippen molar-refractivity contribution in [1.29, 1.82) is 5.41 Å². The molecule has 7 nitrogen and oxygen atoms in total. The summed E-state index contributed by atoms with van der Waals surface area (Å²) in [5.41, 5.74) is 6.00. The molecular weight excluding hydrogens is 298 g/mol. The largest absolute Gasteiger partial charge is 0.506 e. The number of aliphatic hydroxyl groups is 1. The molecule has 0 saturated heterocycles. The Kier molecular flexibility index (Phi) is 6.08. The number of aliphatic hydroxyl groups excluding tert-OH is 1. The van der Waals surface area contributed by atoms with Crippen LogP contribution in [0.25, 0.3) is 0 Å². The van der Waals surface area contributed by atoms with Gasteiger partial charge in [0, 0.05) is 0 Å². The number of carbonyl (C=O) groups excluding carboxylic acids is 2. The lowest BCUT2D eigenvalue weighted by atomic mass is 10.1. The monoisotopic (exact) mass is 317 g/mol. The lowest BCUT2D eigenvalue weighted by molar-refractivity contribution is -0.115. The lowest BCUT2D eigenvalue weighted by Crippen LogP contribution is -2.32. The number of ether oxygens (including phenoxy) is 1. The Labute approximate surface area is 134 Å². The summed E-state index contributed by atoms with van der Waals surface area (Å²) in [4.78, 5) is 23.2. The molecule has 0 aliphatic heterocycles. The number of hydrogen-bond donors (Lipinski definition) is 4. The van der Waals surface area contributed by atoms with E-state index in [0.717, 1.165) is 11.6 Å². The zero-order valence-corrected chi connectivity index (χ0v) is 12.9. The Morgan fingerprint density at radius 1 is 1.39 bits per heavy atom. The number of rotatable bonds is 6. The van der Waals surface area contributed by atoms with Gasteiger partial charge in [-0.2, -0.15) is 0 Å². The van der Waals surface area contributed by atoms with Crippen molar-refractivity contribution >= 4 is 17.6 Å². The molecule has 1 aromatic rings. The van der Waals surface area contributed by atoms with Crippen LogP contribution in [-0.2, 0) is 9.53 Å². The minimum Gasteiger partial charge on any atom is -0.506 e. The summed E-state index contributed by atoms with van der Waals surface area (Å²) in [6.45, 7) is 4.93. The summed E-state index contributed by atoms with van der Waals surface area (Å²) in [5, 5.41) is 19.3. The molecular formula is C16H19N3O4. The van der Waals surface area contributed by atoms with Crippen LogP contribution in [0.4, 0.5) is 0 Å². The molecule has 23 heavy (non-hydrogen) atoms. The van der Waals surface area contributed by atoms with Gasteiger partial charge in [-0.15, -0.1) is 0 Å². The molecule has 1 rings (SSSR count). The maximum atomic E-state index is 11.9. The third-order valence-corrected chi connectivity index (χ3v) is 3.06. The van der Waals surface area contributed by atoms with Crippen molar-refractivity contribution in [2.24, 2.45) is 5.73 Å². The van der Waals surface area contributed by atoms with Crippen LogP contribution in [0.15, 0.2) is 48.4 Å². The molecule has 0 radical (unpaired) electrons. The highest BCUT2D eigenvalue weighted by molar-refractivity contribution is 6.42. The van der Waals surface area contributed by atoms with E-state index in [4.69, 9.17) is 16.2 Å². The van der Waals surface area contributed by atoms with Crippen molar-refractivity contribution in [3.63, 3.8) is 0 Å². The van der Waals surface area contributed by atoms with Crippen LogP contribution in [0.5, 0.6) is 0 Å². The van der Waals surface area contributed by atoms with Gasteiger partial charge in [0.15, 0.2) is 0 Å². The lowest BCUT2D eigenvalue weighted by Gasteiger charge is -2.14. The average molecular weight is 317 g/mol. The Balaban J connectivity index is 2.75. The van der Waals surface area contributed by atoms with Crippen molar-refractivity contribution in [1.82, 2.24) is 5.32 Å². The van der Waals surface area contributed by atoms with Gasteiger partial charge in [0.2, 0.25) is 0 Å². The molecule has 0 fully saturated rings. The van der Waals surface area contributed by atoms with Gasteiger partial charge in [0.25, 0.3) is 5.91 Å². The summed E-state index contributed by atoms with van der Waals surface area (Å²) < 4.78 is 4.61. The number of esters is 1. The second kappa shape index (κ2) is 7.79. The second-order valence-electron chi connectivity index (χ2n) is 4.77. The van der Waals surface area contributed by atoms with Crippen molar-refractivity contribution in [3.8, 4) is 0 Å². The fraction of sp³-hybridized carbons (Fsp3) is 0.188. The van der Waals surface area contributed by atoms with Crippen LogP contribution in [-0.4, -0.2) is 29.8 Å². The van der Waals surface area contributed by atoms with E-state index in [0.29, 0.717) is 5.56 Å². The number of nitrogens with two attached hydrogens (primary N) is 1. The minimum atomic E-state index is -0.654. The molecule has 1 aromatic carbocycles. The third kappa shape index (κ3) is 4.99. The maximum Gasteiger partial charge on any atom is 0.337 e. The molecule has 0 spiro atoms. The summed E-state index contributed by atoms with van der Waals surface area (Å²) in [5.74, 6) is -1.51. The summed E-state index contributed by atoms with van der Waals surface area (Å²) >= 11 is 0. The first-order valence-corrected chi connectivity index (χ1v) is 6.69. The van der Waals surface area contributed by atoms with E-state index in [1.807, 2.05) is 0 Å². The fourth-order valence-electron chi connectivity index (χ4n) is 1.69. The first kappa shape index (κ1) is 18.0. The molecule has 0 saturated carbocycles. The molecule has 0 aliphatic carbocycles. The normalized spacial score (nSPS) is 12.2. The van der Waals surface area contributed by atoms with Gasteiger partial charge >= 0.3 is 5.97 Å². The topological polar surface area (TPSA) is 125 Å². The van der Waals surface area contributed by atoms with Gasteiger partial charge < -0.3 is 20.9 Å². The van der Waals surface area contributed by atoms with Crippen LogP contribution in [0.3, 0.4) is 0 Å². The van der Waals surface area contributed by atoms with E-state index >= 15 is 0 Å². The SMILES string of the molecule is C=C(O)/C(N)=C/C(=N)C(=O)N[C@H](C)c1ccc(C(=O)OC)cc1. The number of nitrogens with one attached hydrogen (secondary N) is 2. The van der Waals surface area contributed by atoms with Crippen molar-refractivity contribution < 1.29 is 19.4 Å². The molecule has 0 aromatic heterocycles. The molecule has 0 aliphatic rings. The van der Waals surface area contributed by atoms with E-state index in [1.165, 1.54) is 7.11 Å². The Morgan fingerprint density at radius 2 is 1.96 bits per heavy atom. The summed E-state index contributed by atoms with van der Waals surface area (Å²) in [6.07, 6.45) is 1.02. The summed E-state index contributed by atoms with van der Waals surface area (Å²) in [7, 11) is 1.30. The van der Waals surface area contributed by atoms with Gasteiger partial charge in [-0.25, -0.2) is 4.79 Å². The first-order chi connectivity index (χ1) is 10.8. The highest BCUT2D eigenvalue weighted by Crippen LogP contribution is 2.14. The van der Waals surface area contributed by atoms with E-state index in [1.54, 1.807) is 31.2 Å². The van der Waals surface area contributed by atoms with E-state index in [9.17, 15) is 9.59 Å². The zero-order valence-electron chi connectivity index (χ0n) is 12.9. The molecule has 5 N–H and O–H groups in total. The van der Waals surface area contributed by atoms with Crippen LogP contribution in [0, 0.1) is 5.41 Å². The smallest absolute Gasteiger partial charge is 0.337 e. The summed E-state index contributed by atoms with van der Waals surface area (Å²) in [6, 6.07) is 6.15. The van der Waals surface area contributed by atoms with E-state index in [2.05, 4.69) is 16.6 Å². The van der Waals surface area contributed by atoms with Crippen LogP contribution < -0.4 is 11.1 Å². The number of benzene rings is 1. The van der Waals surface area contributed by atoms with Crippen molar-refractivity contribution in [3.05, 3.63) is 59.5 Å². The molecule has 122 valence electrons. The van der Waals surface area contributed by atoms with E-state index < -0.39 is 23.3 Å². The quantitative estimate of drug-likeness (QED) is 0.274. The van der Waals surface area contributed by atoms with Gasteiger partial charge in [-0.3, -0.25) is 10.2 Å². The van der Waals surface area contributed by atoms with Gasteiger partial charge in [0.05, 0.1) is 24.4 Å². The number of methoxy groups -OCH3 is 1. The molecule has 0 heterocycles. The predicted molar refractivity (Wildman–Crippen MR) is 86.1 cm³/mol. The molecule has 1 atom stereocenters. The van der Waals surface area contributed by atoms with Crippen LogP contribution in [0.2, 0.25) is 0 Å². The van der Waals surface area contributed by atoms with Gasteiger partial charge in [-0.1, -0.05) is 18.7 Å². The Hall–Kier alpha value is -3.09. The fourth-order valence-corrected chi connectivity index (χ4v) is 1.69. The number of amides is 1. The molecule has 0 bridgehead atoms. The van der Waals surface area contributed by atoms with Crippen LogP contribution in [0.1, 0.15) is 28.9 Å². The highest BCUT2D eigenvalue weighted by Gasteiger charge is 2.14. The van der Waals surface area contributed by atoms with Gasteiger partial charge in [-0.05, 0) is 30.7 Å². The van der Waals surface area contributed by atoms with Crippen molar-refractivity contribution in [2.75, 3.05) is 7.11 Å². The number of hydrogen-bond acceptors (Lipinski definition) is 6. The maximum absolute atomic E-state index is 11.9. The number of carbonyl (C=O) groups is 2. The predicted octanol–water partition coefficient (Wildman–Crippen LogP) is 1.58. The van der Waals surface area contributed by atoms with Gasteiger partial charge in [0.1, 0.15) is 11.5 Å². The second-order valence-corrected chi connectivity index (χ2v) is 4.77. The third-order valence-electron chi connectivity index (χ3n) is 3.06.